The molecule has 4 heteroatoms. The van der Waals surface area contributed by atoms with Gasteiger partial charge in [-0.05, 0) is 65.6 Å². The number of fused-ring (bicyclic) bond motifs is 1. The average Bonchev–Trinajstić information content (AvgIpc) is 3.28. The molecule has 4 aromatic rings. The lowest BCUT2D eigenvalue weighted by atomic mass is 10.0. The zero-order valence-corrected chi connectivity index (χ0v) is 18.2. The predicted octanol–water partition coefficient (Wildman–Crippen LogP) is 7.13. The molecule has 0 aliphatic heterocycles. The van der Waals surface area contributed by atoms with Crippen LogP contribution in [0.25, 0.3) is 31.7 Å². The van der Waals surface area contributed by atoms with Gasteiger partial charge in [-0.15, -0.1) is 11.3 Å². The molecular formula is C26H25N3S. The van der Waals surface area contributed by atoms with Crippen molar-refractivity contribution in [3.63, 3.8) is 0 Å². The first-order valence-corrected chi connectivity index (χ1v) is 11.3. The van der Waals surface area contributed by atoms with Crippen LogP contribution < -0.4 is 4.90 Å². The van der Waals surface area contributed by atoms with Crippen LogP contribution in [0.3, 0.4) is 0 Å². The van der Waals surface area contributed by atoms with Crippen molar-refractivity contribution in [2.75, 3.05) is 18.0 Å². The Morgan fingerprint density at radius 3 is 2.40 bits per heavy atom. The van der Waals surface area contributed by atoms with E-state index in [1.165, 1.54) is 26.9 Å². The zero-order chi connectivity index (χ0) is 20.9. The fourth-order valence-electron chi connectivity index (χ4n) is 3.83. The molecule has 0 spiro atoms. The Balaban J connectivity index is 1.65. The second-order valence-electron chi connectivity index (χ2n) is 7.43. The van der Waals surface area contributed by atoms with Gasteiger partial charge in [-0.25, -0.2) is 0 Å². The van der Waals surface area contributed by atoms with Gasteiger partial charge in [0.05, 0.1) is 5.56 Å². The molecule has 4 rings (SSSR count). The molecule has 30 heavy (non-hydrogen) atoms. The Labute approximate surface area is 182 Å². The minimum atomic E-state index is 0.612. The highest BCUT2D eigenvalue weighted by molar-refractivity contribution is 7.18. The van der Waals surface area contributed by atoms with Gasteiger partial charge in [0.15, 0.2) is 0 Å². The third-order valence-electron chi connectivity index (χ3n) is 5.27. The maximum Gasteiger partial charge on any atom is 0.101 e. The molecule has 2 aromatic heterocycles. The van der Waals surface area contributed by atoms with Gasteiger partial charge >= 0.3 is 0 Å². The molecule has 0 aliphatic carbocycles. The lowest BCUT2D eigenvalue weighted by Crippen LogP contribution is -2.24. The summed E-state index contributed by atoms with van der Waals surface area (Å²) in [7, 11) is 0. The lowest BCUT2D eigenvalue weighted by molar-refractivity contribution is 0.745. The summed E-state index contributed by atoms with van der Waals surface area (Å²) >= 11 is 1.71. The van der Waals surface area contributed by atoms with Gasteiger partial charge in [-0.3, -0.25) is 4.98 Å². The summed E-state index contributed by atoms with van der Waals surface area (Å²) in [5.41, 5.74) is 4.07. The molecule has 0 N–H and O–H groups in total. The van der Waals surface area contributed by atoms with E-state index in [0.29, 0.717) is 5.56 Å². The van der Waals surface area contributed by atoms with E-state index in [9.17, 15) is 5.26 Å². The van der Waals surface area contributed by atoms with Crippen LogP contribution in [0, 0.1) is 11.3 Å². The van der Waals surface area contributed by atoms with E-state index in [1.807, 2.05) is 6.07 Å². The molecule has 0 saturated carbocycles. The molecule has 0 saturated heterocycles. The van der Waals surface area contributed by atoms with Crippen molar-refractivity contribution >= 4 is 27.8 Å². The lowest BCUT2D eigenvalue weighted by Gasteiger charge is -2.24. The SMILES string of the molecule is CCCN(CCC)c1ccc2cc(-c3ccc(-c4ccncc4C#N)s3)ccc2c1. The summed E-state index contributed by atoms with van der Waals surface area (Å²) in [4.78, 5) is 8.83. The maximum atomic E-state index is 9.36. The number of thiophene rings is 1. The molecule has 0 aliphatic rings. The molecule has 2 aromatic carbocycles. The van der Waals surface area contributed by atoms with Gasteiger partial charge in [0.2, 0.25) is 0 Å². The average molecular weight is 412 g/mol. The number of hydrogen-bond acceptors (Lipinski definition) is 4. The molecule has 3 nitrogen and oxygen atoms in total. The molecule has 150 valence electrons. The van der Waals surface area contributed by atoms with Crippen LogP contribution in [0.15, 0.2) is 67.0 Å². The van der Waals surface area contributed by atoms with Gasteiger partial charge in [0.25, 0.3) is 0 Å². The van der Waals surface area contributed by atoms with E-state index >= 15 is 0 Å². The van der Waals surface area contributed by atoms with Crippen LogP contribution in [0.5, 0.6) is 0 Å². The van der Waals surface area contributed by atoms with Gasteiger partial charge in [-0.1, -0.05) is 32.0 Å². The molecule has 0 radical (unpaired) electrons. The van der Waals surface area contributed by atoms with Crippen LogP contribution in [0.2, 0.25) is 0 Å². The van der Waals surface area contributed by atoms with Crippen molar-refractivity contribution in [1.29, 1.82) is 5.26 Å². The second kappa shape index (κ2) is 9.11. The summed E-state index contributed by atoms with van der Waals surface area (Å²) in [5, 5.41) is 11.9. The van der Waals surface area contributed by atoms with Crippen molar-refractivity contribution in [1.82, 2.24) is 4.98 Å². The largest absolute Gasteiger partial charge is 0.372 e. The molecular weight excluding hydrogens is 386 g/mol. The van der Waals surface area contributed by atoms with Crippen LogP contribution >= 0.6 is 11.3 Å². The molecule has 0 amide bonds. The van der Waals surface area contributed by atoms with Gasteiger partial charge in [0, 0.05) is 46.5 Å². The maximum absolute atomic E-state index is 9.36. The van der Waals surface area contributed by atoms with Gasteiger partial charge < -0.3 is 4.90 Å². The van der Waals surface area contributed by atoms with Crippen LogP contribution in [0.4, 0.5) is 5.69 Å². The number of benzene rings is 2. The molecule has 0 unspecified atom stereocenters. The first-order chi connectivity index (χ1) is 14.7. The Hall–Kier alpha value is -3.16. The van der Waals surface area contributed by atoms with E-state index in [-0.39, 0.29) is 0 Å². The van der Waals surface area contributed by atoms with E-state index in [2.05, 4.69) is 78.3 Å². The Morgan fingerprint density at radius 2 is 1.63 bits per heavy atom. The molecule has 0 atom stereocenters. The summed E-state index contributed by atoms with van der Waals surface area (Å²) in [5.74, 6) is 0. The minimum absolute atomic E-state index is 0.612. The number of pyridine rings is 1. The molecule has 0 bridgehead atoms. The smallest absolute Gasteiger partial charge is 0.101 e. The zero-order valence-electron chi connectivity index (χ0n) is 17.4. The summed E-state index contributed by atoms with van der Waals surface area (Å²) in [6.45, 7) is 6.65. The first kappa shape index (κ1) is 20.1. The highest BCUT2D eigenvalue weighted by Crippen LogP contribution is 2.37. The van der Waals surface area contributed by atoms with Crippen molar-refractivity contribution < 1.29 is 0 Å². The van der Waals surface area contributed by atoms with E-state index < -0.39 is 0 Å². The van der Waals surface area contributed by atoms with Crippen LogP contribution in [-0.4, -0.2) is 18.1 Å². The van der Waals surface area contributed by atoms with Gasteiger partial charge in [-0.2, -0.15) is 5.26 Å². The van der Waals surface area contributed by atoms with Crippen molar-refractivity contribution in [2.24, 2.45) is 0 Å². The number of nitriles is 1. The summed E-state index contributed by atoms with van der Waals surface area (Å²) in [6, 6.07) is 21.8. The fourth-order valence-corrected chi connectivity index (χ4v) is 4.87. The quantitative estimate of drug-likeness (QED) is 0.325. The highest BCUT2D eigenvalue weighted by atomic mass is 32.1. The Bertz CT molecular complexity index is 1200. The van der Waals surface area contributed by atoms with Crippen molar-refractivity contribution in [3.05, 3.63) is 72.6 Å². The Morgan fingerprint density at radius 1 is 0.900 bits per heavy atom. The monoisotopic (exact) mass is 411 g/mol. The number of anilines is 1. The summed E-state index contributed by atoms with van der Waals surface area (Å²) in [6.07, 6.45) is 5.68. The third kappa shape index (κ3) is 4.08. The highest BCUT2D eigenvalue weighted by Gasteiger charge is 2.10. The predicted molar refractivity (Wildman–Crippen MR) is 128 cm³/mol. The first-order valence-electron chi connectivity index (χ1n) is 10.5. The normalized spacial score (nSPS) is 10.8. The van der Waals surface area contributed by atoms with Gasteiger partial charge in [0.1, 0.15) is 6.07 Å². The van der Waals surface area contributed by atoms with E-state index in [0.717, 1.165) is 36.4 Å². The summed E-state index contributed by atoms with van der Waals surface area (Å²) < 4.78 is 0. The number of aromatic nitrogens is 1. The second-order valence-corrected chi connectivity index (χ2v) is 8.51. The topological polar surface area (TPSA) is 39.9 Å². The van der Waals surface area contributed by atoms with Crippen LogP contribution in [-0.2, 0) is 0 Å². The standard InChI is InChI=1S/C26H25N3S/c1-3-13-29(14-4-2)23-8-7-19-15-21(6-5-20(19)16-23)25-9-10-26(30-25)24-11-12-28-18-22(24)17-27/h5-12,15-16,18H,3-4,13-14H2,1-2H3. The van der Waals surface area contributed by atoms with E-state index in [4.69, 9.17) is 0 Å². The third-order valence-corrected chi connectivity index (χ3v) is 6.44. The number of hydrogen-bond donors (Lipinski definition) is 0. The molecule has 0 fully saturated rings. The molecule has 2 heterocycles. The van der Waals surface area contributed by atoms with E-state index in [1.54, 1.807) is 23.7 Å². The number of nitrogens with zero attached hydrogens (tertiary/aromatic N) is 3. The fraction of sp³-hybridized carbons (Fsp3) is 0.231. The Kier molecular flexibility index (Phi) is 6.11. The van der Waals surface area contributed by atoms with Crippen molar-refractivity contribution in [2.45, 2.75) is 26.7 Å². The minimum Gasteiger partial charge on any atom is -0.372 e. The number of rotatable bonds is 7. The van der Waals surface area contributed by atoms with Crippen LogP contribution in [0.1, 0.15) is 32.3 Å². The van der Waals surface area contributed by atoms with Crippen molar-refractivity contribution in [3.8, 4) is 27.0 Å².